The van der Waals surface area contributed by atoms with E-state index in [4.69, 9.17) is 0 Å². The standard InChI is InChI=1S/C10H10FN3/c1-14-7-6-12-10(14)13-9-5-3-2-4-8(9)11/h2-7H,1H3,(H,12,13). The average molecular weight is 191 g/mol. The summed E-state index contributed by atoms with van der Waals surface area (Å²) in [5, 5.41) is 2.90. The second-order valence-electron chi connectivity index (χ2n) is 2.97. The summed E-state index contributed by atoms with van der Waals surface area (Å²) >= 11 is 0. The Morgan fingerprint density at radius 3 is 2.79 bits per heavy atom. The number of imidazole rings is 1. The number of aryl methyl sites for hydroxylation is 1. The van der Waals surface area contributed by atoms with E-state index in [-0.39, 0.29) is 5.82 Å². The number of aromatic nitrogens is 2. The van der Waals surface area contributed by atoms with Gasteiger partial charge in [0.25, 0.3) is 0 Å². The van der Waals surface area contributed by atoms with Gasteiger partial charge in [-0.15, -0.1) is 0 Å². The molecule has 1 heterocycles. The van der Waals surface area contributed by atoms with Gasteiger partial charge in [-0.05, 0) is 12.1 Å². The summed E-state index contributed by atoms with van der Waals surface area (Å²) < 4.78 is 15.0. The van der Waals surface area contributed by atoms with Gasteiger partial charge in [-0.25, -0.2) is 9.37 Å². The number of benzene rings is 1. The highest BCUT2D eigenvalue weighted by Gasteiger charge is 2.03. The Labute approximate surface area is 81.2 Å². The van der Waals surface area contributed by atoms with Crippen molar-refractivity contribution in [2.45, 2.75) is 0 Å². The maximum absolute atomic E-state index is 13.2. The molecule has 2 rings (SSSR count). The fourth-order valence-corrected chi connectivity index (χ4v) is 1.17. The van der Waals surface area contributed by atoms with Gasteiger partial charge in [-0.1, -0.05) is 12.1 Å². The molecule has 0 spiro atoms. The van der Waals surface area contributed by atoms with E-state index in [0.717, 1.165) is 0 Å². The first-order valence-electron chi connectivity index (χ1n) is 4.26. The molecule has 1 aromatic carbocycles. The molecule has 0 unspecified atom stereocenters. The van der Waals surface area contributed by atoms with E-state index in [1.165, 1.54) is 6.07 Å². The van der Waals surface area contributed by atoms with Crippen LogP contribution >= 0.6 is 0 Å². The summed E-state index contributed by atoms with van der Waals surface area (Å²) in [6, 6.07) is 6.50. The molecule has 0 aliphatic carbocycles. The molecule has 1 N–H and O–H groups in total. The maximum Gasteiger partial charge on any atom is 0.207 e. The molecule has 2 aromatic rings. The zero-order valence-electron chi connectivity index (χ0n) is 7.74. The van der Waals surface area contributed by atoms with E-state index in [1.807, 2.05) is 7.05 Å². The molecule has 72 valence electrons. The molecule has 0 radical (unpaired) electrons. The number of nitrogens with one attached hydrogen (secondary N) is 1. The maximum atomic E-state index is 13.2. The number of rotatable bonds is 2. The first-order valence-corrected chi connectivity index (χ1v) is 4.26. The van der Waals surface area contributed by atoms with Crippen LogP contribution in [-0.2, 0) is 7.05 Å². The van der Waals surface area contributed by atoms with Crippen LogP contribution in [0.25, 0.3) is 0 Å². The zero-order chi connectivity index (χ0) is 9.97. The molecule has 0 fully saturated rings. The lowest BCUT2D eigenvalue weighted by Gasteiger charge is -2.06. The number of halogens is 1. The third kappa shape index (κ3) is 1.59. The number of anilines is 2. The molecule has 3 nitrogen and oxygen atoms in total. The molecular weight excluding hydrogens is 181 g/mol. The fourth-order valence-electron chi connectivity index (χ4n) is 1.17. The molecule has 14 heavy (non-hydrogen) atoms. The van der Waals surface area contributed by atoms with E-state index in [0.29, 0.717) is 11.6 Å². The largest absolute Gasteiger partial charge is 0.323 e. The van der Waals surface area contributed by atoms with E-state index in [2.05, 4.69) is 10.3 Å². The van der Waals surface area contributed by atoms with E-state index < -0.39 is 0 Å². The van der Waals surface area contributed by atoms with Crippen molar-refractivity contribution >= 4 is 11.6 Å². The van der Waals surface area contributed by atoms with Gasteiger partial charge in [0.05, 0.1) is 5.69 Å². The molecule has 0 atom stereocenters. The van der Waals surface area contributed by atoms with Crippen molar-refractivity contribution in [3.8, 4) is 0 Å². The molecule has 0 saturated heterocycles. The second-order valence-corrected chi connectivity index (χ2v) is 2.97. The van der Waals surface area contributed by atoms with Crippen LogP contribution in [-0.4, -0.2) is 9.55 Å². The fraction of sp³-hybridized carbons (Fsp3) is 0.100. The van der Waals surface area contributed by atoms with Crippen LogP contribution in [0.2, 0.25) is 0 Å². The molecule has 1 aromatic heterocycles. The molecule has 0 aliphatic rings. The Morgan fingerprint density at radius 1 is 1.36 bits per heavy atom. The second kappa shape index (κ2) is 3.49. The van der Waals surface area contributed by atoms with Gasteiger partial charge in [0.2, 0.25) is 5.95 Å². The predicted molar refractivity (Wildman–Crippen MR) is 52.9 cm³/mol. The summed E-state index contributed by atoms with van der Waals surface area (Å²) in [4.78, 5) is 4.04. The minimum atomic E-state index is -0.282. The SMILES string of the molecule is Cn1ccnc1Nc1ccccc1F. The van der Waals surface area contributed by atoms with Gasteiger partial charge in [0.1, 0.15) is 5.82 Å². The highest BCUT2D eigenvalue weighted by Crippen LogP contribution is 2.17. The summed E-state index contributed by atoms with van der Waals surface area (Å²) in [6.07, 6.45) is 3.45. The van der Waals surface area contributed by atoms with Crippen LogP contribution in [0.1, 0.15) is 0 Å². The smallest absolute Gasteiger partial charge is 0.207 e. The number of hydrogen-bond donors (Lipinski definition) is 1. The lowest BCUT2D eigenvalue weighted by molar-refractivity contribution is 0.631. The highest BCUT2D eigenvalue weighted by atomic mass is 19.1. The Morgan fingerprint density at radius 2 is 2.14 bits per heavy atom. The number of hydrogen-bond acceptors (Lipinski definition) is 2. The molecular formula is C10H10FN3. The van der Waals surface area contributed by atoms with Gasteiger partial charge < -0.3 is 9.88 Å². The number of para-hydroxylation sites is 1. The first-order chi connectivity index (χ1) is 6.77. The van der Waals surface area contributed by atoms with E-state index in [1.54, 1.807) is 35.2 Å². The van der Waals surface area contributed by atoms with Crippen LogP contribution in [0.4, 0.5) is 16.0 Å². The van der Waals surface area contributed by atoms with Crippen molar-refractivity contribution in [3.05, 3.63) is 42.5 Å². The third-order valence-corrected chi connectivity index (χ3v) is 1.94. The number of nitrogens with zero attached hydrogens (tertiary/aromatic N) is 2. The Kier molecular flexibility index (Phi) is 2.18. The molecule has 0 bridgehead atoms. The summed E-state index contributed by atoms with van der Waals surface area (Å²) in [7, 11) is 1.84. The zero-order valence-corrected chi connectivity index (χ0v) is 7.74. The van der Waals surface area contributed by atoms with E-state index in [9.17, 15) is 4.39 Å². The van der Waals surface area contributed by atoms with Gasteiger partial charge in [-0.3, -0.25) is 0 Å². The Balaban J connectivity index is 2.28. The van der Waals surface area contributed by atoms with Gasteiger partial charge in [0.15, 0.2) is 0 Å². The lowest BCUT2D eigenvalue weighted by atomic mass is 10.3. The summed E-state index contributed by atoms with van der Waals surface area (Å²) in [6.45, 7) is 0. The van der Waals surface area contributed by atoms with Gasteiger partial charge >= 0.3 is 0 Å². The van der Waals surface area contributed by atoms with Gasteiger partial charge in [0, 0.05) is 19.4 Å². The molecule has 0 aliphatic heterocycles. The molecule has 0 saturated carbocycles. The van der Waals surface area contributed by atoms with Crippen molar-refractivity contribution in [2.24, 2.45) is 7.05 Å². The van der Waals surface area contributed by atoms with Crippen LogP contribution in [0.15, 0.2) is 36.7 Å². The first kappa shape index (κ1) is 8.74. The molecule has 4 heteroatoms. The van der Waals surface area contributed by atoms with Crippen molar-refractivity contribution in [1.82, 2.24) is 9.55 Å². The monoisotopic (exact) mass is 191 g/mol. The van der Waals surface area contributed by atoms with Gasteiger partial charge in [-0.2, -0.15) is 0 Å². The van der Waals surface area contributed by atoms with Crippen molar-refractivity contribution in [3.63, 3.8) is 0 Å². The van der Waals surface area contributed by atoms with Crippen molar-refractivity contribution in [1.29, 1.82) is 0 Å². The van der Waals surface area contributed by atoms with Crippen LogP contribution in [0.3, 0.4) is 0 Å². The minimum absolute atomic E-state index is 0.282. The topological polar surface area (TPSA) is 29.9 Å². The Bertz CT molecular complexity index is 436. The minimum Gasteiger partial charge on any atom is -0.323 e. The lowest BCUT2D eigenvalue weighted by Crippen LogP contribution is -1.99. The third-order valence-electron chi connectivity index (χ3n) is 1.94. The average Bonchev–Trinajstić information content (AvgIpc) is 2.56. The van der Waals surface area contributed by atoms with Crippen molar-refractivity contribution in [2.75, 3.05) is 5.32 Å². The predicted octanol–water partition coefficient (Wildman–Crippen LogP) is 2.30. The molecule has 0 amide bonds. The quantitative estimate of drug-likeness (QED) is 0.789. The normalized spacial score (nSPS) is 10.1. The summed E-state index contributed by atoms with van der Waals surface area (Å²) in [5.41, 5.74) is 0.432. The highest BCUT2D eigenvalue weighted by molar-refractivity contribution is 5.54. The van der Waals surface area contributed by atoms with Crippen LogP contribution in [0.5, 0.6) is 0 Å². The van der Waals surface area contributed by atoms with Crippen LogP contribution < -0.4 is 5.32 Å². The van der Waals surface area contributed by atoms with Crippen molar-refractivity contribution < 1.29 is 4.39 Å². The van der Waals surface area contributed by atoms with E-state index >= 15 is 0 Å². The summed E-state index contributed by atoms with van der Waals surface area (Å²) in [5.74, 6) is 0.339. The Hall–Kier alpha value is -1.84. The van der Waals surface area contributed by atoms with Crippen LogP contribution in [0, 0.1) is 5.82 Å².